The maximum atomic E-state index is 12.7. The van der Waals surface area contributed by atoms with E-state index in [4.69, 9.17) is 11.1 Å². The molecule has 0 unspecified atom stereocenters. The first-order valence-electron chi connectivity index (χ1n) is 10.0. The zero-order chi connectivity index (χ0) is 23.5. The number of rotatable bonds is 6. The van der Waals surface area contributed by atoms with Crippen LogP contribution < -0.4 is 5.69 Å². The highest BCUT2D eigenvalue weighted by molar-refractivity contribution is 5.85. The van der Waals surface area contributed by atoms with Crippen LogP contribution in [-0.2, 0) is 13.1 Å². The molecule has 3 aromatic rings. The van der Waals surface area contributed by atoms with E-state index < -0.39 is 5.69 Å². The van der Waals surface area contributed by atoms with Gasteiger partial charge in [-0.05, 0) is 28.3 Å². The van der Waals surface area contributed by atoms with E-state index in [1.807, 2.05) is 18.2 Å². The Labute approximate surface area is 190 Å². The van der Waals surface area contributed by atoms with Crippen LogP contribution in [0.4, 0.5) is 11.4 Å². The lowest BCUT2D eigenvalue weighted by Crippen LogP contribution is -2.17. The molecule has 0 fully saturated rings. The first-order valence-corrected chi connectivity index (χ1v) is 10.0. The normalized spacial score (nSPS) is 10.7. The lowest BCUT2D eigenvalue weighted by atomic mass is 10.2. The number of benzene rings is 2. The van der Waals surface area contributed by atoms with Crippen LogP contribution in [0.15, 0.2) is 76.2 Å². The number of hydrogen-bond donors (Lipinski definition) is 0. The minimum Gasteiger partial charge on any atom is -0.311 e. The predicted molar refractivity (Wildman–Crippen MR) is 123 cm³/mol. The van der Waals surface area contributed by atoms with Crippen molar-refractivity contribution < 1.29 is 0 Å². The minimum atomic E-state index is -0.479. The van der Waals surface area contributed by atoms with Gasteiger partial charge in [0.1, 0.15) is 17.5 Å². The number of fused-ring (bicyclic) bond motifs is 3. The molecule has 0 atom stereocenters. The van der Waals surface area contributed by atoms with Crippen molar-refractivity contribution in [2.24, 2.45) is 10.2 Å². The Morgan fingerprint density at radius 1 is 0.941 bits per heavy atom. The smallest absolute Gasteiger partial charge is 0.311 e. The summed E-state index contributed by atoms with van der Waals surface area (Å²) < 4.78 is 3.19. The average Bonchev–Trinajstić information content (AvgIpc) is 3.30. The number of aromatic nitrogens is 6. The zero-order valence-corrected chi connectivity index (χ0v) is 17.5. The van der Waals surface area contributed by atoms with E-state index in [1.54, 1.807) is 41.2 Å². The third kappa shape index (κ3) is 3.75. The molecule has 2 aromatic carbocycles. The van der Waals surface area contributed by atoms with E-state index in [0.29, 0.717) is 40.6 Å². The first kappa shape index (κ1) is 20.6. The fourth-order valence-electron chi connectivity index (χ4n) is 3.71. The van der Waals surface area contributed by atoms with Gasteiger partial charge in [-0.1, -0.05) is 52.7 Å². The van der Waals surface area contributed by atoms with Gasteiger partial charge in [0.05, 0.1) is 19.4 Å². The van der Waals surface area contributed by atoms with Crippen LogP contribution in [0.5, 0.6) is 0 Å². The van der Waals surface area contributed by atoms with Crippen LogP contribution in [0.25, 0.3) is 43.6 Å². The highest BCUT2D eigenvalue weighted by atomic mass is 16.1. The second-order valence-electron chi connectivity index (χ2n) is 7.25. The fraction of sp³-hybridized carbons (Fsp3) is 0.0952. The van der Waals surface area contributed by atoms with Gasteiger partial charge < -0.3 is 4.57 Å². The number of imidazole rings is 2. The Bertz CT molecular complexity index is 1660. The molecule has 0 amide bonds. The van der Waals surface area contributed by atoms with Crippen LogP contribution in [-0.4, -0.2) is 29.1 Å². The Balaban J connectivity index is 1.56. The summed E-state index contributed by atoms with van der Waals surface area (Å²) in [4.78, 5) is 35.8. The molecule has 0 saturated heterocycles. The molecule has 0 radical (unpaired) electrons. The van der Waals surface area contributed by atoms with E-state index >= 15 is 0 Å². The monoisotopic (exact) mass is 450 g/mol. The summed E-state index contributed by atoms with van der Waals surface area (Å²) in [5.41, 5.74) is 20.7. The molecule has 13 nitrogen and oxygen atoms in total. The van der Waals surface area contributed by atoms with Gasteiger partial charge in [0.2, 0.25) is 0 Å². The second-order valence-corrected chi connectivity index (χ2v) is 7.25. The van der Waals surface area contributed by atoms with E-state index in [-0.39, 0.29) is 6.54 Å². The third-order valence-corrected chi connectivity index (χ3v) is 5.20. The molecular weight excluding hydrogens is 436 g/mol. The first-order chi connectivity index (χ1) is 16.7. The molecule has 0 spiro atoms. The molecule has 1 aromatic heterocycles. The quantitative estimate of drug-likeness (QED) is 0.210. The van der Waals surface area contributed by atoms with Gasteiger partial charge in [-0.15, -0.1) is 0 Å². The topological polar surface area (TPSA) is 176 Å². The van der Waals surface area contributed by atoms with Gasteiger partial charge in [0.25, 0.3) is 0 Å². The molecule has 164 valence electrons. The second kappa shape index (κ2) is 8.71. The third-order valence-electron chi connectivity index (χ3n) is 5.20. The van der Waals surface area contributed by atoms with Gasteiger partial charge in [0, 0.05) is 21.2 Å². The molecule has 34 heavy (non-hydrogen) atoms. The van der Waals surface area contributed by atoms with Crippen molar-refractivity contribution in [2.75, 3.05) is 0 Å². The average molecular weight is 450 g/mol. The van der Waals surface area contributed by atoms with Crippen molar-refractivity contribution in [3.8, 4) is 11.5 Å². The maximum Gasteiger partial charge on any atom is 0.350 e. The summed E-state index contributed by atoms with van der Waals surface area (Å²) in [5.74, 6) is 0.335. The van der Waals surface area contributed by atoms with Gasteiger partial charge in [-0.3, -0.25) is 4.57 Å². The van der Waals surface area contributed by atoms with E-state index in [2.05, 4.69) is 40.0 Å². The molecule has 0 bridgehead atoms. The Morgan fingerprint density at radius 2 is 1.79 bits per heavy atom. The van der Waals surface area contributed by atoms with Crippen molar-refractivity contribution in [1.82, 2.24) is 29.1 Å². The van der Waals surface area contributed by atoms with E-state index in [1.165, 1.54) is 10.9 Å². The fourth-order valence-corrected chi connectivity index (χ4v) is 3.71. The molecule has 0 aliphatic carbocycles. The summed E-state index contributed by atoms with van der Waals surface area (Å²) >= 11 is 0. The van der Waals surface area contributed by atoms with Gasteiger partial charge in [-0.25, -0.2) is 19.7 Å². The van der Waals surface area contributed by atoms with Crippen LogP contribution in [0.2, 0.25) is 0 Å². The molecule has 0 N–H and O–H groups in total. The Kier molecular flexibility index (Phi) is 5.29. The molecular formula is C21H14N12O. The highest BCUT2D eigenvalue weighted by Gasteiger charge is 2.21. The number of nitrogens with zero attached hydrogens (tertiary/aromatic N) is 12. The zero-order valence-electron chi connectivity index (χ0n) is 17.5. The molecule has 3 heterocycles. The lowest BCUT2D eigenvalue weighted by molar-refractivity contribution is 0.758. The minimum absolute atomic E-state index is 0.183. The SMILES string of the molecule is [N-]=[N+]=Nc1cccc(Cn2c3ncnc4c(ncn4Cc4ccccc4N=[N+]=[N-])c-3nc2=O)c1. The van der Waals surface area contributed by atoms with Gasteiger partial charge in [-0.2, -0.15) is 4.98 Å². The number of hydrogen-bond acceptors (Lipinski definition) is 7. The maximum absolute atomic E-state index is 12.7. The standard InChI is InChI=1S/C21H14N12O/c22-30-28-15-6-3-4-13(8-15)9-33-20-18(27-21(33)34)17-19(24-11-25-20)32(12-26-17)10-14-5-1-2-7-16(14)29-31-23/h1-8,11-12H,9-10H2. The highest BCUT2D eigenvalue weighted by Crippen LogP contribution is 2.26. The Hall–Kier alpha value is -5.25. The molecule has 5 rings (SSSR count). The van der Waals surface area contributed by atoms with E-state index in [0.717, 1.165) is 11.1 Å². The summed E-state index contributed by atoms with van der Waals surface area (Å²) in [5, 5.41) is 7.33. The largest absolute Gasteiger partial charge is 0.350 e. The molecule has 13 heteroatoms. The molecule has 2 aliphatic rings. The summed E-state index contributed by atoms with van der Waals surface area (Å²) in [6.45, 7) is 0.532. The summed E-state index contributed by atoms with van der Waals surface area (Å²) in [6, 6.07) is 14.1. The summed E-state index contributed by atoms with van der Waals surface area (Å²) in [6.07, 6.45) is 2.95. The van der Waals surface area contributed by atoms with E-state index in [9.17, 15) is 4.79 Å². The van der Waals surface area contributed by atoms with Crippen molar-refractivity contribution >= 4 is 22.5 Å². The van der Waals surface area contributed by atoms with Gasteiger partial charge in [0.15, 0.2) is 11.5 Å². The summed E-state index contributed by atoms with van der Waals surface area (Å²) in [7, 11) is 0. The Morgan fingerprint density at radius 3 is 2.65 bits per heavy atom. The lowest BCUT2D eigenvalue weighted by Gasteiger charge is -2.06. The van der Waals surface area contributed by atoms with Crippen LogP contribution >= 0.6 is 0 Å². The molecule has 2 aliphatic heterocycles. The van der Waals surface area contributed by atoms with Crippen molar-refractivity contribution in [3.05, 3.63) is 104 Å². The van der Waals surface area contributed by atoms with Crippen molar-refractivity contribution in [1.29, 1.82) is 0 Å². The van der Waals surface area contributed by atoms with Crippen LogP contribution in [0, 0.1) is 0 Å². The molecule has 0 saturated carbocycles. The number of azide groups is 2. The van der Waals surface area contributed by atoms with Crippen LogP contribution in [0.3, 0.4) is 0 Å². The van der Waals surface area contributed by atoms with Gasteiger partial charge >= 0.3 is 5.69 Å². The van der Waals surface area contributed by atoms with Crippen molar-refractivity contribution in [2.45, 2.75) is 13.1 Å². The van der Waals surface area contributed by atoms with Crippen LogP contribution in [0.1, 0.15) is 11.1 Å². The predicted octanol–water partition coefficient (Wildman–Crippen LogP) is 4.47. The van der Waals surface area contributed by atoms with Crippen molar-refractivity contribution in [3.63, 3.8) is 0 Å².